The molecule has 0 radical (unpaired) electrons. The molecule has 0 fully saturated rings. The number of rotatable bonds is 4. The predicted molar refractivity (Wildman–Crippen MR) is 143 cm³/mol. The number of carbonyl (C=O) groups excluding carboxylic acids is 2. The molecule has 37 heavy (non-hydrogen) atoms. The third-order valence-electron chi connectivity index (χ3n) is 6.45. The fourth-order valence-corrected chi connectivity index (χ4v) is 4.84. The summed E-state index contributed by atoms with van der Waals surface area (Å²) in [5.41, 5.74) is 2.25. The van der Waals surface area contributed by atoms with E-state index in [1.165, 1.54) is 7.11 Å². The number of esters is 2. The Hall–Kier alpha value is -4.00. The maximum atomic E-state index is 13.5. The van der Waals surface area contributed by atoms with Crippen molar-refractivity contribution < 1.29 is 23.5 Å². The molecule has 1 aliphatic rings. The van der Waals surface area contributed by atoms with Gasteiger partial charge in [0.25, 0.3) is 0 Å². The number of nitrogens with zero attached hydrogens (tertiary/aromatic N) is 1. The van der Waals surface area contributed by atoms with Crippen LogP contribution in [0.3, 0.4) is 0 Å². The first-order valence-corrected chi connectivity index (χ1v) is 12.1. The zero-order valence-corrected chi connectivity index (χ0v) is 22.2. The van der Waals surface area contributed by atoms with E-state index in [2.05, 4.69) is 4.99 Å². The Morgan fingerprint density at radius 1 is 0.973 bits per heavy atom. The Kier molecular flexibility index (Phi) is 6.91. The number of allylic oxidation sites excluding steroid dienone is 1. The standard InChI is InChI=1S/C30H31NO6/c1-16-25(32)21-15-11-14-20(27(21)36-26(16)19-12-9-8-10-13-19)24-22(28(33)35-7)17(2)31-18(3)23(24)29(34)37-30(4,5)6/h8-15,22,24H,1-7H3. The molecule has 0 spiro atoms. The minimum atomic E-state index is -0.909. The molecule has 4 rings (SSSR count). The summed E-state index contributed by atoms with van der Waals surface area (Å²) >= 11 is 0. The first-order chi connectivity index (χ1) is 17.4. The molecular weight excluding hydrogens is 470 g/mol. The fourth-order valence-electron chi connectivity index (χ4n) is 4.84. The molecule has 0 aliphatic carbocycles. The highest BCUT2D eigenvalue weighted by atomic mass is 16.6. The second-order valence-electron chi connectivity index (χ2n) is 10.2. The van der Waals surface area contributed by atoms with Crippen LogP contribution in [0.25, 0.3) is 22.3 Å². The van der Waals surface area contributed by atoms with E-state index in [9.17, 15) is 14.4 Å². The number of fused-ring (bicyclic) bond motifs is 1. The molecule has 0 amide bonds. The minimum Gasteiger partial charge on any atom is -0.468 e. The number of ether oxygens (including phenoxy) is 2. The van der Waals surface area contributed by atoms with Gasteiger partial charge in [0.15, 0.2) is 5.43 Å². The van der Waals surface area contributed by atoms with E-state index < -0.39 is 29.4 Å². The highest BCUT2D eigenvalue weighted by Crippen LogP contribution is 2.43. The lowest BCUT2D eigenvalue weighted by Gasteiger charge is -2.33. The van der Waals surface area contributed by atoms with Gasteiger partial charge < -0.3 is 13.9 Å². The molecule has 2 aromatic carbocycles. The van der Waals surface area contributed by atoms with E-state index in [0.717, 1.165) is 5.56 Å². The van der Waals surface area contributed by atoms with Gasteiger partial charge in [-0.05, 0) is 47.6 Å². The SMILES string of the molecule is COC(=O)C1C(C)=NC(C)=C(C(=O)OC(C)(C)C)C1c1cccc2c(=O)c(C)c(-c3ccccc3)oc12. The van der Waals surface area contributed by atoms with Gasteiger partial charge in [0, 0.05) is 34.0 Å². The number of benzene rings is 2. The van der Waals surface area contributed by atoms with Crippen molar-refractivity contribution in [3.05, 3.63) is 81.2 Å². The average Bonchev–Trinajstić information content (AvgIpc) is 2.84. The van der Waals surface area contributed by atoms with Crippen LogP contribution in [-0.2, 0) is 19.1 Å². The van der Waals surface area contributed by atoms with Crippen molar-refractivity contribution in [2.24, 2.45) is 10.9 Å². The van der Waals surface area contributed by atoms with Crippen LogP contribution in [0.5, 0.6) is 0 Å². The zero-order valence-electron chi connectivity index (χ0n) is 22.2. The summed E-state index contributed by atoms with van der Waals surface area (Å²) in [6, 6.07) is 14.5. The number of hydrogen-bond acceptors (Lipinski definition) is 7. The summed E-state index contributed by atoms with van der Waals surface area (Å²) < 4.78 is 17.3. The van der Waals surface area contributed by atoms with Gasteiger partial charge in [0.1, 0.15) is 22.9 Å². The van der Waals surface area contributed by atoms with E-state index in [1.807, 2.05) is 30.3 Å². The molecular formula is C30H31NO6. The van der Waals surface area contributed by atoms with Crippen molar-refractivity contribution in [2.75, 3.05) is 7.11 Å². The van der Waals surface area contributed by atoms with Crippen molar-refractivity contribution in [3.8, 4) is 11.3 Å². The van der Waals surface area contributed by atoms with Crippen LogP contribution in [0.2, 0.25) is 0 Å². The Bertz CT molecular complexity index is 1500. The Balaban J connectivity index is 2.05. The number of methoxy groups -OCH3 is 1. The summed E-state index contributed by atoms with van der Waals surface area (Å²) in [6.45, 7) is 10.5. The van der Waals surface area contributed by atoms with E-state index in [-0.39, 0.29) is 11.0 Å². The predicted octanol–water partition coefficient (Wildman–Crippen LogP) is 5.73. The monoisotopic (exact) mass is 501 g/mol. The maximum absolute atomic E-state index is 13.5. The number of para-hydroxylation sites is 1. The Morgan fingerprint density at radius 3 is 2.27 bits per heavy atom. The van der Waals surface area contributed by atoms with Crippen LogP contribution >= 0.6 is 0 Å². The highest BCUT2D eigenvalue weighted by molar-refractivity contribution is 6.07. The van der Waals surface area contributed by atoms with E-state index in [4.69, 9.17) is 13.9 Å². The molecule has 0 saturated carbocycles. The van der Waals surface area contributed by atoms with E-state index >= 15 is 0 Å². The average molecular weight is 502 g/mol. The second-order valence-corrected chi connectivity index (χ2v) is 10.2. The molecule has 2 heterocycles. The van der Waals surface area contributed by atoms with Crippen LogP contribution < -0.4 is 5.43 Å². The maximum Gasteiger partial charge on any atom is 0.337 e. The van der Waals surface area contributed by atoms with Gasteiger partial charge in [-0.15, -0.1) is 0 Å². The van der Waals surface area contributed by atoms with Crippen molar-refractivity contribution in [1.82, 2.24) is 0 Å². The van der Waals surface area contributed by atoms with Crippen molar-refractivity contribution in [2.45, 2.75) is 53.1 Å². The van der Waals surface area contributed by atoms with Crippen molar-refractivity contribution in [1.29, 1.82) is 0 Å². The van der Waals surface area contributed by atoms with Crippen LogP contribution in [0.15, 0.2) is 74.0 Å². The van der Waals surface area contributed by atoms with Gasteiger partial charge in [-0.2, -0.15) is 0 Å². The molecule has 2 atom stereocenters. The Labute approximate surface area is 215 Å². The number of hydrogen-bond donors (Lipinski definition) is 0. The number of aliphatic imine (C=N–C) groups is 1. The van der Waals surface area contributed by atoms with E-state index in [0.29, 0.717) is 39.3 Å². The van der Waals surface area contributed by atoms with Gasteiger partial charge in [0.05, 0.1) is 18.1 Å². The van der Waals surface area contributed by atoms with Gasteiger partial charge in [-0.25, -0.2) is 4.79 Å². The second kappa shape index (κ2) is 9.81. The number of carbonyl (C=O) groups is 2. The largest absolute Gasteiger partial charge is 0.468 e. The molecule has 2 unspecified atom stereocenters. The molecule has 7 heteroatoms. The zero-order chi connectivity index (χ0) is 27.1. The molecule has 3 aromatic rings. The normalized spacial score (nSPS) is 18.0. The van der Waals surface area contributed by atoms with Crippen LogP contribution in [0.1, 0.15) is 51.7 Å². The topological polar surface area (TPSA) is 95.2 Å². The van der Waals surface area contributed by atoms with Gasteiger partial charge >= 0.3 is 11.9 Å². The van der Waals surface area contributed by atoms with Gasteiger partial charge in [-0.1, -0.05) is 42.5 Å². The molecule has 1 aromatic heterocycles. The van der Waals surface area contributed by atoms with E-state index in [1.54, 1.807) is 59.7 Å². The molecule has 0 bridgehead atoms. The minimum absolute atomic E-state index is 0.183. The molecule has 192 valence electrons. The van der Waals surface area contributed by atoms with Crippen molar-refractivity contribution in [3.63, 3.8) is 0 Å². The summed E-state index contributed by atoms with van der Waals surface area (Å²) in [6.07, 6.45) is 0. The highest BCUT2D eigenvalue weighted by Gasteiger charge is 2.44. The van der Waals surface area contributed by atoms with Gasteiger partial charge in [0.2, 0.25) is 0 Å². The smallest absolute Gasteiger partial charge is 0.337 e. The first-order valence-electron chi connectivity index (χ1n) is 12.1. The van der Waals surface area contributed by atoms with Crippen molar-refractivity contribution >= 4 is 28.6 Å². The third-order valence-corrected chi connectivity index (χ3v) is 6.45. The lowest BCUT2D eigenvalue weighted by molar-refractivity contribution is -0.150. The summed E-state index contributed by atoms with van der Waals surface area (Å²) in [5, 5.41) is 0.361. The van der Waals surface area contributed by atoms with Crippen LogP contribution in [0.4, 0.5) is 0 Å². The van der Waals surface area contributed by atoms with Crippen LogP contribution in [0, 0.1) is 12.8 Å². The summed E-state index contributed by atoms with van der Waals surface area (Å²) in [7, 11) is 1.30. The van der Waals surface area contributed by atoms with Crippen LogP contribution in [-0.4, -0.2) is 30.4 Å². The molecule has 1 aliphatic heterocycles. The molecule has 0 N–H and O–H groups in total. The lowest BCUT2D eigenvalue weighted by Crippen LogP contribution is -2.37. The summed E-state index contributed by atoms with van der Waals surface area (Å²) in [5.74, 6) is -2.45. The summed E-state index contributed by atoms with van der Waals surface area (Å²) in [4.78, 5) is 44.6. The third kappa shape index (κ3) is 4.86. The fraction of sp³-hybridized carbons (Fsp3) is 0.333. The Morgan fingerprint density at radius 2 is 1.65 bits per heavy atom. The first kappa shape index (κ1) is 26.1. The quantitative estimate of drug-likeness (QED) is 0.424. The molecule has 7 nitrogen and oxygen atoms in total. The lowest BCUT2D eigenvalue weighted by atomic mass is 9.75. The van der Waals surface area contributed by atoms with Gasteiger partial charge in [-0.3, -0.25) is 14.6 Å². The molecule has 0 saturated heterocycles.